The zero-order valence-corrected chi connectivity index (χ0v) is 10.5. The van der Waals surface area contributed by atoms with Crippen molar-refractivity contribution >= 4 is 23.1 Å². The Bertz CT molecular complexity index is 224. The number of hydrogen-bond acceptors (Lipinski definition) is 4. The molecule has 1 rings (SSSR count). The average Bonchev–Trinajstić information content (AvgIpc) is 2.71. The zero-order valence-electron chi connectivity index (χ0n) is 8.82. The Balaban J connectivity index is 2.26. The molecule has 0 spiro atoms. The van der Waals surface area contributed by atoms with Gasteiger partial charge >= 0.3 is 0 Å². The van der Waals surface area contributed by atoms with Crippen molar-refractivity contribution in [1.29, 1.82) is 0 Å². The minimum atomic E-state index is 0.451. The van der Waals surface area contributed by atoms with E-state index in [1.165, 1.54) is 16.5 Å². The van der Waals surface area contributed by atoms with E-state index in [1.54, 1.807) is 11.3 Å². The van der Waals surface area contributed by atoms with Crippen LogP contribution in [0.2, 0.25) is 0 Å². The van der Waals surface area contributed by atoms with Crippen molar-refractivity contribution in [1.82, 2.24) is 10.3 Å². The largest absolute Gasteiger partial charge is 0.307 e. The summed E-state index contributed by atoms with van der Waals surface area (Å²) in [6, 6.07) is 0.451. The predicted octanol–water partition coefficient (Wildman–Crippen LogP) is 2.94. The third kappa shape index (κ3) is 3.98. The van der Waals surface area contributed by atoms with Gasteiger partial charge in [0.25, 0.3) is 0 Å². The lowest BCUT2D eigenvalue weighted by molar-refractivity contribution is 0.537. The standard InChI is InChI=1S/C10H18N2S2/c1-3-9(10-12-6-8-14-10)11-5-7-13-4-2/h6,8-9,11H,3-5,7H2,1-2H3. The highest BCUT2D eigenvalue weighted by molar-refractivity contribution is 7.99. The van der Waals surface area contributed by atoms with E-state index in [9.17, 15) is 0 Å². The molecule has 4 heteroatoms. The Hall–Kier alpha value is -0.0600. The van der Waals surface area contributed by atoms with Crippen molar-refractivity contribution in [2.75, 3.05) is 18.1 Å². The first kappa shape index (κ1) is 12.0. The van der Waals surface area contributed by atoms with Gasteiger partial charge in [0.05, 0.1) is 6.04 Å². The molecular formula is C10H18N2S2. The Kier molecular flexibility index (Phi) is 6.23. The third-order valence-electron chi connectivity index (χ3n) is 2.00. The van der Waals surface area contributed by atoms with Gasteiger partial charge in [-0.15, -0.1) is 11.3 Å². The molecule has 0 radical (unpaired) electrons. The highest BCUT2D eigenvalue weighted by Crippen LogP contribution is 2.18. The van der Waals surface area contributed by atoms with Gasteiger partial charge in [-0.3, -0.25) is 0 Å². The number of hydrogen-bond donors (Lipinski definition) is 1. The molecule has 0 aliphatic carbocycles. The lowest BCUT2D eigenvalue weighted by Gasteiger charge is -2.13. The van der Waals surface area contributed by atoms with Crippen molar-refractivity contribution in [3.8, 4) is 0 Å². The van der Waals surface area contributed by atoms with E-state index in [-0.39, 0.29) is 0 Å². The number of nitrogens with one attached hydrogen (secondary N) is 1. The second kappa shape index (κ2) is 7.26. The van der Waals surface area contributed by atoms with E-state index in [0.717, 1.165) is 13.0 Å². The Labute approximate surface area is 94.5 Å². The lowest BCUT2D eigenvalue weighted by atomic mass is 10.2. The molecule has 0 aliphatic rings. The first-order valence-corrected chi connectivity index (χ1v) is 7.12. The summed E-state index contributed by atoms with van der Waals surface area (Å²) in [5.41, 5.74) is 0. The number of rotatable bonds is 7. The second-order valence-corrected chi connectivity index (χ2v) is 5.30. The molecule has 0 bridgehead atoms. The normalized spacial score (nSPS) is 13.0. The van der Waals surface area contributed by atoms with Crippen LogP contribution in [0.5, 0.6) is 0 Å². The highest BCUT2D eigenvalue weighted by atomic mass is 32.2. The van der Waals surface area contributed by atoms with Crippen LogP contribution in [0.3, 0.4) is 0 Å². The molecule has 1 N–H and O–H groups in total. The molecule has 1 aromatic heterocycles. The van der Waals surface area contributed by atoms with Crippen molar-refractivity contribution < 1.29 is 0 Å². The van der Waals surface area contributed by atoms with Crippen LogP contribution in [0.4, 0.5) is 0 Å². The first-order chi connectivity index (χ1) is 6.88. The average molecular weight is 230 g/mol. The highest BCUT2D eigenvalue weighted by Gasteiger charge is 2.09. The van der Waals surface area contributed by atoms with Crippen LogP contribution in [0.25, 0.3) is 0 Å². The SMILES string of the molecule is CCSCCNC(CC)c1nccs1. The molecule has 1 heterocycles. The summed E-state index contributed by atoms with van der Waals surface area (Å²) in [6.07, 6.45) is 3.00. The Morgan fingerprint density at radius 3 is 3.00 bits per heavy atom. The van der Waals surface area contributed by atoms with Gasteiger partial charge in [-0.25, -0.2) is 4.98 Å². The van der Waals surface area contributed by atoms with E-state index in [0.29, 0.717) is 6.04 Å². The number of nitrogens with zero attached hydrogens (tertiary/aromatic N) is 1. The summed E-state index contributed by atoms with van der Waals surface area (Å²) in [4.78, 5) is 4.34. The first-order valence-electron chi connectivity index (χ1n) is 5.09. The smallest absolute Gasteiger partial charge is 0.109 e. The maximum atomic E-state index is 4.34. The van der Waals surface area contributed by atoms with Crippen LogP contribution in [0.1, 0.15) is 31.3 Å². The topological polar surface area (TPSA) is 24.9 Å². The van der Waals surface area contributed by atoms with E-state index in [1.807, 2.05) is 23.3 Å². The third-order valence-corrected chi connectivity index (χ3v) is 3.79. The molecule has 1 aromatic rings. The van der Waals surface area contributed by atoms with Crippen LogP contribution in [0, 0.1) is 0 Å². The van der Waals surface area contributed by atoms with Crippen LogP contribution >= 0.6 is 23.1 Å². The molecule has 0 aliphatic heterocycles. The van der Waals surface area contributed by atoms with Gasteiger partial charge in [-0.05, 0) is 12.2 Å². The van der Waals surface area contributed by atoms with Gasteiger partial charge in [0.2, 0.25) is 0 Å². The fourth-order valence-corrected chi connectivity index (χ4v) is 2.61. The van der Waals surface area contributed by atoms with Crippen molar-refractivity contribution in [3.05, 3.63) is 16.6 Å². The van der Waals surface area contributed by atoms with E-state index >= 15 is 0 Å². The van der Waals surface area contributed by atoms with E-state index in [4.69, 9.17) is 0 Å². The summed E-state index contributed by atoms with van der Waals surface area (Å²) >= 11 is 3.72. The summed E-state index contributed by atoms with van der Waals surface area (Å²) in [7, 11) is 0. The van der Waals surface area contributed by atoms with Gasteiger partial charge < -0.3 is 5.32 Å². The summed E-state index contributed by atoms with van der Waals surface area (Å²) in [6.45, 7) is 5.48. The molecule has 0 fully saturated rings. The quantitative estimate of drug-likeness (QED) is 0.729. The van der Waals surface area contributed by atoms with Crippen molar-refractivity contribution in [2.24, 2.45) is 0 Å². The Morgan fingerprint density at radius 2 is 2.43 bits per heavy atom. The molecule has 80 valence electrons. The molecule has 0 saturated heterocycles. The van der Waals surface area contributed by atoms with Gasteiger partial charge in [0.15, 0.2) is 0 Å². The number of thiazole rings is 1. The minimum absolute atomic E-state index is 0.451. The molecule has 0 amide bonds. The van der Waals surface area contributed by atoms with Crippen LogP contribution in [0.15, 0.2) is 11.6 Å². The van der Waals surface area contributed by atoms with Gasteiger partial charge in [-0.1, -0.05) is 13.8 Å². The van der Waals surface area contributed by atoms with Crippen molar-refractivity contribution in [3.63, 3.8) is 0 Å². The second-order valence-electron chi connectivity index (χ2n) is 2.98. The summed E-state index contributed by atoms with van der Waals surface area (Å²) < 4.78 is 0. The molecule has 0 saturated carbocycles. The molecular weight excluding hydrogens is 212 g/mol. The number of thioether (sulfide) groups is 1. The minimum Gasteiger partial charge on any atom is -0.307 e. The molecule has 1 atom stereocenters. The predicted molar refractivity (Wildman–Crippen MR) is 66.1 cm³/mol. The number of aromatic nitrogens is 1. The molecule has 2 nitrogen and oxygen atoms in total. The van der Waals surface area contributed by atoms with Crippen LogP contribution in [-0.4, -0.2) is 23.0 Å². The maximum absolute atomic E-state index is 4.34. The van der Waals surface area contributed by atoms with Gasteiger partial charge in [0, 0.05) is 23.9 Å². The summed E-state index contributed by atoms with van der Waals surface area (Å²) in [5.74, 6) is 2.40. The lowest BCUT2D eigenvalue weighted by Crippen LogP contribution is -2.23. The van der Waals surface area contributed by atoms with E-state index in [2.05, 4.69) is 24.1 Å². The van der Waals surface area contributed by atoms with E-state index < -0.39 is 0 Å². The monoisotopic (exact) mass is 230 g/mol. The maximum Gasteiger partial charge on any atom is 0.109 e. The molecule has 14 heavy (non-hydrogen) atoms. The fraction of sp³-hybridized carbons (Fsp3) is 0.700. The van der Waals surface area contributed by atoms with Crippen molar-refractivity contribution in [2.45, 2.75) is 26.3 Å². The molecule has 1 unspecified atom stereocenters. The van der Waals surface area contributed by atoms with Gasteiger partial charge in [0.1, 0.15) is 5.01 Å². The zero-order chi connectivity index (χ0) is 10.2. The summed E-state index contributed by atoms with van der Waals surface area (Å²) in [5, 5.41) is 6.79. The van der Waals surface area contributed by atoms with Crippen LogP contribution in [-0.2, 0) is 0 Å². The Morgan fingerprint density at radius 1 is 1.57 bits per heavy atom. The fourth-order valence-electron chi connectivity index (χ4n) is 1.26. The molecule has 0 aromatic carbocycles. The van der Waals surface area contributed by atoms with Crippen LogP contribution < -0.4 is 5.32 Å². The van der Waals surface area contributed by atoms with Gasteiger partial charge in [-0.2, -0.15) is 11.8 Å².